The number of Topliss-reactive ketones (excluding diaryl/α,β-unsaturated/α-hetero) is 1. The number of anilines is 1. The minimum Gasteiger partial charge on any atom is -0.497 e. The zero-order valence-electron chi connectivity index (χ0n) is 15.1. The van der Waals surface area contributed by atoms with E-state index in [0.717, 1.165) is 23.9 Å². The van der Waals surface area contributed by atoms with Gasteiger partial charge in [0.25, 0.3) is 10.0 Å². The van der Waals surface area contributed by atoms with E-state index in [2.05, 4.69) is 9.71 Å². The molecule has 0 radical (unpaired) electrons. The van der Waals surface area contributed by atoms with Crippen molar-refractivity contribution in [1.82, 2.24) is 4.98 Å². The Hall–Kier alpha value is -2.80. The first-order chi connectivity index (χ1) is 12.9. The van der Waals surface area contributed by atoms with Gasteiger partial charge in [-0.2, -0.15) is 0 Å². The molecule has 0 amide bonds. The standard InChI is InChI=1S/C20H20N2O4S/c1-12-10-15-17(21-16-4-3-5-18(23)20(15)16)11-19(12)27(24,25)22-13-6-8-14(26-2)9-7-13/h6-11,21-22H,3-5H2,1-2H3. The number of ether oxygens (including phenoxy) is 1. The molecule has 1 aromatic heterocycles. The third-order valence-corrected chi connectivity index (χ3v) is 6.44. The van der Waals surface area contributed by atoms with Crippen molar-refractivity contribution in [3.05, 3.63) is 53.2 Å². The number of fused-ring (bicyclic) bond motifs is 3. The second-order valence-electron chi connectivity index (χ2n) is 6.75. The highest BCUT2D eigenvalue weighted by atomic mass is 32.2. The Morgan fingerprint density at radius 1 is 1.11 bits per heavy atom. The summed E-state index contributed by atoms with van der Waals surface area (Å²) >= 11 is 0. The van der Waals surface area contributed by atoms with Gasteiger partial charge in [0.2, 0.25) is 0 Å². The van der Waals surface area contributed by atoms with Crippen molar-refractivity contribution < 1.29 is 17.9 Å². The molecule has 0 spiro atoms. The molecule has 3 aromatic rings. The van der Waals surface area contributed by atoms with E-state index in [0.29, 0.717) is 34.5 Å². The molecule has 0 saturated heterocycles. The summed E-state index contributed by atoms with van der Waals surface area (Å²) in [6, 6.07) is 10.1. The Morgan fingerprint density at radius 3 is 2.56 bits per heavy atom. The van der Waals surface area contributed by atoms with Crippen LogP contribution in [0.3, 0.4) is 0 Å². The van der Waals surface area contributed by atoms with Gasteiger partial charge in [-0.3, -0.25) is 9.52 Å². The van der Waals surface area contributed by atoms with Gasteiger partial charge in [-0.05, 0) is 61.7 Å². The highest BCUT2D eigenvalue weighted by molar-refractivity contribution is 7.92. The second-order valence-corrected chi connectivity index (χ2v) is 8.40. The van der Waals surface area contributed by atoms with Gasteiger partial charge in [-0.25, -0.2) is 8.42 Å². The third kappa shape index (κ3) is 3.08. The van der Waals surface area contributed by atoms with E-state index in [1.165, 1.54) is 0 Å². The molecule has 1 heterocycles. The summed E-state index contributed by atoms with van der Waals surface area (Å²) in [5.41, 5.74) is 3.35. The maximum absolute atomic E-state index is 12.9. The quantitative estimate of drug-likeness (QED) is 0.716. The predicted molar refractivity (Wildman–Crippen MR) is 104 cm³/mol. The van der Waals surface area contributed by atoms with Crippen LogP contribution in [-0.2, 0) is 16.4 Å². The van der Waals surface area contributed by atoms with Gasteiger partial charge in [0.1, 0.15) is 5.75 Å². The summed E-state index contributed by atoms with van der Waals surface area (Å²) < 4.78 is 33.5. The van der Waals surface area contributed by atoms with E-state index in [1.54, 1.807) is 50.4 Å². The minimum atomic E-state index is -3.77. The lowest BCUT2D eigenvalue weighted by molar-refractivity contribution is 0.0974. The van der Waals surface area contributed by atoms with Crippen LogP contribution in [-0.4, -0.2) is 26.3 Å². The number of carbonyl (C=O) groups excluding carboxylic acids is 1. The molecule has 0 saturated carbocycles. The van der Waals surface area contributed by atoms with Crippen molar-refractivity contribution in [2.24, 2.45) is 0 Å². The highest BCUT2D eigenvalue weighted by Gasteiger charge is 2.25. The number of methoxy groups -OCH3 is 1. The van der Waals surface area contributed by atoms with Gasteiger partial charge in [0.15, 0.2) is 5.78 Å². The molecule has 2 N–H and O–H groups in total. The van der Waals surface area contributed by atoms with E-state index in [-0.39, 0.29) is 10.7 Å². The first kappa shape index (κ1) is 17.6. The maximum Gasteiger partial charge on any atom is 0.262 e. The smallest absolute Gasteiger partial charge is 0.262 e. The number of aromatic amines is 1. The van der Waals surface area contributed by atoms with Crippen LogP contribution >= 0.6 is 0 Å². The Labute approximate surface area is 157 Å². The fourth-order valence-corrected chi connectivity index (χ4v) is 4.91. The fourth-order valence-electron chi connectivity index (χ4n) is 3.60. The summed E-state index contributed by atoms with van der Waals surface area (Å²) in [6.07, 6.45) is 2.17. The normalized spacial score (nSPS) is 14.2. The zero-order valence-corrected chi connectivity index (χ0v) is 15.9. The number of carbonyl (C=O) groups is 1. The summed E-state index contributed by atoms with van der Waals surface area (Å²) in [7, 11) is -2.21. The second kappa shape index (κ2) is 6.42. The van der Waals surface area contributed by atoms with E-state index < -0.39 is 10.0 Å². The van der Waals surface area contributed by atoms with Gasteiger partial charge in [0, 0.05) is 34.3 Å². The van der Waals surface area contributed by atoms with Crippen LogP contribution in [0.5, 0.6) is 5.75 Å². The molecule has 7 heteroatoms. The largest absolute Gasteiger partial charge is 0.497 e. The molecule has 0 aliphatic heterocycles. The van der Waals surface area contributed by atoms with Crippen molar-refractivity contribution in [3.8, 4) is 5.75 Å². The lowest BCUT2D eigenvalue weighted by atomic mass is 9.94. The number of benzene rings is 2. The molecule has 140 valence electrons. The Morgan fingerprint density at radius 2 is 1.85 bits per heavy atom. The number of sulfonamides is 1. The van der Waals surface area contributed by atoms with Crippen LogP contribution in [0.1, 0.15) is 34.5 Å². The molecular formula is C20H20N2O4S. The SMILES string of the molecule is COc1ccc(NS(=O)(=O)c2cc3[nH]c4c(c3cc2C)C(=O)CCC4)cc1. The number of hydrogen-bond acceptors (Lipinski definition) is 4. The summed E-state index contributed by atoms with van der Waals surface area (Å²) in [6.45, 7) is 1.74. The van der Waals surface area contributed by atoms with Crippen molar-refractivity contribution in [2.75, 3.05) is 11.8 Å². The van der Waals surface area contributed by atoms with Crippen LogP contribution in [0.2, 0.25) is 0 Å². The number of aryl methyl sites for hydroxylation is 2. The molecule has 1 aliphatic carbocycles. The highest BCUT2D eigenvalue weighted by Crippen LogP contribution is 2.32. The summed E-state index contributed by atoms with van der Waals surface area (Å²) in [5.74, 6) is 0.769. The monoisotopic (exact) mass is 384 g/mol. The Balaban J connectivity index is 1.75. The van der Waals surface area contributed by atoms with Gasteiger partial charge in [-0.1, -0.05) is 0 Å². The molecule has 27 heavy (non-hydrogen) atoms. The first-order valence-corrected chi connectivity index (χ1v) is 10.2. The number of H-pyrrole nitrogens is 1. The van der Waals surface area contributed by atoms with Crippen molar-refractivity contribution >= 4 is 32.4 Å². The lowest BCUT2D eigenvalue weighted by Gasteiger charge is -2.12. The number of rotatable bonds is 4. The molecule has 0 fully saturated rings. The Bertz CT molecular complexity index is 1140. The summed E-state index contributed by atoms with van der Waals surface area (Å²) in [5, 5.41) is 0.801. The molecule has 0 unspecified atom stereocenters. The van der Waals surface area contributed by atoms with E-state index in [9.17, 15) is 13.2 Å². The van der Waals surface area contributed by atoms with Gasteiger partial charge >= 0.3 is 0 Å². The van der Waals surface area contributed by atoms with Crippen molar-refractivity contribution in [3.63, 3.8) is 0 Å². The average molecular weight is 384 g/mol. The van der Waals surface area contributed by atoms with Crippen LogP contribution in [0.4, 0.5) is 5.69 Å². The lowest BCUT2D eigenvalue weighted by Crippen LogP contribution is -2.14. The van der Waals surface area contributed by atoms with Gasteiger partial charge in [-0.15, -0.1) is 0 Å². The average Bonchev–Trinajstić information content (AvgIpc) is 3.00. The number of ketones is 1. The van der Waals surface area contributed by atoms with E-state index in [1.807, 2.05) is 0 Å². The minimum absolute atomic E-state index is 0.119. The van der Waals surface area contributed by atoms with E-state index >= 15 is 0 Å². The molecule has 4 rings (SSSR count). The van der Waals surface area contributed by atoms with Crippen LogP contribution < -0.4 is 9.46 Å². The zero-order chi connectivity index (χ0) is 19.2. The predicted octanol–water partition coefficient (Wildman–Crippen LogP) is 3.80. The number of nitrogens with one attached hydrogen (secondary N) is 2. The molecule has 0 atom stereocenters. The molecule has 1 aliphatic rings. The fraction of sp³-hybridized carbons (Fsp3) is 0.250. The van der Waals surface area contributed by atoms with E-state index in [4.69, 9.17) is 4.74 Å². The summed E-state index contributed by atoms with van der Waals surface area (Å²) in [4.78, 5) is 15.7. The third-order valence-electron chi connectivity index (χ3n) is 4.91. The van der Waals surface area contributed by atoms with Crippen LogP contribution in [0, 0.1) is 6.92 Å². The van der Waals surface area contributed by atoms with Crippen LogP contribution in [0.25, 0.3) is 10.9 Å². The molecular weight excluding hydrogens is 364 g/mol. The first-order valence-electron chi connectivity index (χ1n) is 8.74. The maximum atomic E-state index is 12.9. The molecule has 0 bridgehead atoms. The Kier molecular flexibility index (Phi) is 4.19. The van der Waals surface area contributed by atoms with Gasteiger partial charge < -0.3 is 9.72 Å². The number of aromatic nitrogens is 1. The van der Waals surface area contributed by atoms with Crippen molar-refractivity contribution in [1.29, 1.82) is 0 Å². The van der Waals surface area contributed by atoms with Crippen LogP contribution in [0.15, 0.2) is 41.3 Å². The van der Waals surface area contributed by atoms with Gasteiger partial charge in [0.05, 0.1) is 12.0 Å². The number of hydrogen-bond donors (Lipinski definition) is 2. The molecule has 6 nitrogen and oxygen atoms in total. The van der Waals surface area contributed by atoms with Crippen molar-refractivity contribution in [2.45, 2.75) is 31.1 Å². The topological polar surface area (TPSA) is 88.3 Å². The molecule has 2 aromatic carbocycles.